The number of phenols is 1. The van der Waals surface area contributed by atoms with E-state index >= 15 is 0 Å². The van der Waals surface area contributed by atoms with Gasteiger partial charge in [0.25, 0.3) is 0 Å². The van der Waals surface area contributed by atoms with Gasteiger partial charge in [-0.05, 0) is 62.5 Å². The molecule has 1 fully saturated rings. The quantitative estimate of drug-likeness (QED) is 0.459. The first-order valence-electron chi connectivity index (χ1n) is 11.6. The first-order valence-corrected chi connectivity index (χ1v) is 11.6. The van der Waals surface area contributed by atoms with E-state index in [9.17, 15) is 10.2 Å². The maximum Gasteiger partial charge on any atom is 0.205 e. The smallest absolute Gasteiger partial charge is 0.205 e. The van der Waals surface area contributed by atoms with Crippen molar-refractivity contribution in [3.05, 3.63) is 47.7 Å². The molecule has 7 heteroatoms. The van der Waals surface area contributed by atoms with Crippen LogP contribution in [0.3, 0.4) is 0 Å². The van der Waals surface area contributed by atoms with Crippen LogP contribution < -0.4 is 14.2 Å². The third-order valence-corrected chi connectivity index (χ3v) is 6.30. The maximum atomic E-state index is 11.3. The number of furan rings is 1. The van der Waals surface area contributed by atoms with Crippen LogP contribution in [0.2, 0.25) is 0 Å². The summed E-state index contributed by atoms with van der Waals surface area (Å²) in [5.74, 6) is 1.69. The molecule has 0 radical (unpaired) electrons. The first-order chi connectivity index (χ1) is 16.1. The van der Waals surface area contributed by atoms with Crippen molar-refractivity contribution < 1.29 is 28.8 Å². The highest BCUT2D eigenvalue weighted by Gasteiger charge is 2.29. The summed E-state index contributed by atoms with van der Waals surface area (Å²) in [5, 5.41) is 21.5. The fourth-order valence-electron chi connectivity index (χ4n) is 4.56. The third-order valence-electron chi connectivity index (χ3n) is 6.30. The Balaban J connectivity index is 1.62. The predicted octanol–water partition coefficient (Wildman–Crippen LogP) is 4.69. The van der Waals surface area contributed by atoms with Gasteiger partial charge in [0.15, 0.2) is 11.3 Å². The predicted molar refractivity (Wildman–Crippen MR) is 126 cm³/mol. The van der Waals surface area contributed by atoms with Gasteiger partial charge in [-0.3, -0.25) is 4.90 Å². The second-order valence-electron chi connectivity index (χ2n) is 8.44. The number of benzene rings is 2. The number of phenolic OH excluding ortho intramolecular Hbond substituents is 1. The van der Waals surface area contributed by atoms with Crippen molar-refractivity contribution in [3.63, 3.8) is 0 Å². The Bertz CT molecular complexity index is 1040. The highest BCUT2D eigenvalue weighted by atomic mass is 16.5. The van der Waals surface area contributed by atoms with Crippen molar-refractivity contribution >= 4 is 11.0 Å². The molecule has 0 spiro atoms. The summed E-state index contributed by atoms with van der Waals surface area (Å²) in [7, 11) is 3.16. The van der Waals surface area contributed by atoms with Crippen molar-refractivity contribution in [2.45, 2.75) is 38.2 Å². The number of likely N-dealkylation sites (tertiary alicyclic amines) is 1. The number of hydrogen-bond donors (Lipinski definition) is 2. The Kier molecular flexibility index (Phi) is 7.62. The van der Waals surface area contributed by atoms with Crippen LogP contribution in [0.4, 0.5) is 0 Å². The molecule has 1 atom stereocenters. The average Bonchev–Trinajstić information content (AvgIpc) is 3.32. The third kappa shape index (κ3) is 5.20. The van der Waals surface area contributed by atoms with Crippen LogP contribution in [0, 0.1) is 0 Å². The fraction of sp³-hybridized carbons (Fsp3) is 0.462. The Hall–Kier alpha value is -2.90. The molecule has 0 amide bonds. The minimum atomic E-state index is -0.841. The number of aromatic hydroxyl groups is 1. The number of rotatable bonds is 10. The van der Waals surface area contributed by atoms with Gasteiger partial charge in [-0.25, -0.2) is 0 Å². The summed E-state index contributed by atoms with van der Waals surface area (Å²) in [6.45, 7) is 3.46. The number of aliphatic hydroxyl groups excluding tert-OH is 1. The van der Waals surface area contributed by atoms with Crippen LogP contribution in [-0.4, -0.2) is 55.6 Å². The molecule has 2 aromatic carbocycles. The molecule has 4 rings (SSSR count). The number of hydrogen-bond acceptors (Lipinski definition) is 7. The number of aliphatic hydroxyl groups is 1. The van der Waals surface area contributed by atoms with E-state index in [2.05, 4.69) is 4.90 Å². The van der Waals surface area contributed by atoms with Gasteiger partial charge in [0.1, 0.15) is 18.1 Å². The second-order valence-corrected chi connectivity index (χ2v) is 8.44. The van der Waals surface area contributed by atoms with Gasteiger partial charge in [0.2, 0.25) is 5.75 Å². The van der Waals surface area contributed by atoms with Crippen LogP contribution >= 0.6 is 0 Å². The molecule has 178 valence electrons. The lowest BCUT2D eigenvalue weighted by atomic mass is 9.97. The topological polar surface area (TPSA) is 84.5 Å². The number of methoxy groups -OCH3 is 2. The largest absolute Gasteiger partial charge is 0.508 e. The number of fused-ring (bicyclic) bond motifs is 1. The van der Waals surface area contributed by atoms with E-state index in [1.165, 1.54) is 19.3 Å². The van der Waals surface area contributed by atoms with Crippen LogP contribution in [0.1, 0.15) is 42.9 Å². The molecule has 0 bridgehead atoms. The maximum absolute atomic E-state index is 11.3. The van der Waals surface area contributed by atoms with Gasteiger partial charge in [-0.1, -0.05) is 18.6 Å². The molecule has 3 aromatic rings. The highest BCUT2D eigenvalue weighted by Crippen LogP contribution is 2.49. The van der Waals surface area contributed by atoms with Crippen molar-refractivity contribution in [2.24, 2.45) is 0 Å². The monoisotopic (exact) mass is 455 g/mol. The highest BCUT2D eigenvalue weighted by molar-refractivity contribution is 5.93. The van der Waals surface area contributed by atoms with E-state index in [4.69, 9.17) is 18.6 Å². The molecule has 1 aliphatic rings. The minimum Gasteiger partial charge on any atom is -0.508 e. The average molecular weight is 456 g/mol. The minimum absolute atomic E-state index is 0.223. The van der Waals surface area contributed by atoms with Crippen molar-refractivity contribution in [1.82, 2.24) is 4.90 Å². The molecule has 0 aliphatic carbocycles. The Morgan fingerprint density at radius 1 is 0.970 bits per heavy atom. The van der Waals surface area contributed by atoms with E-state index in [1.807, 2.05) is 18.2 Å². The summed E-state index contributed by atoms with van der Waals surface area (Å²) in [4.78, 5) is 2.40. The van der Waals surface area contributed by atoms with Gasteiger partial charge < -0.3 is 28.8 Å². The second kappa shape index (κ2) is 10.8. The molecule has 7 nitrogen and oxygen atoms in total. The SMILES string of the molecule is COc1c([C@H](O)CCc2ccc(O)cc2)c(OCCN2CCCCC2)c(OC)c2occc12. The Morgan fingerprint density at radius 2 is 1.70 bits per heavy atom. The van der Waals surface area contributed by atoms with Crippen LogP contribution in [-0.2, 0) is 6.42 Å². The molecular formula is C26H33NO6. The number of nitrogens with zero attached hydrogens (tertiary/aromatic N) is 1. The van der Waals surface area contributed by atoms with Crippen LogP contribution in [0.15, 0.2) is 41.0 Å². The van der Waals surface area contributed by atoms with Crippen molar-refractivity contribution in [3.8, 4) is 23.0 Å². The summed E-state index contributed by atoms with van der Waals surface area (Å²) < 4.78 is 23.4. The zero-order chi connectivity index (χ0) is 23.2. The van der Waals surface area contributed by atoms with Crippen molar-refractivity contribution in [2.75, 3.05) is 40.5 Å². The number of aryl methyl sites for hydroxylation is 1. The van der Waals surface area contributed by atoms with Gasteiger partial charge in [-0.2, -0.15) is 0 Å². The first kappa shape index (κ1) is 23.3. The molecule has 1 saturated heterocycles. The molecule has 2 heterocycles. The van der Waals surface area contributed by atoms with E-state index in [-0.39, 0.29) is 5.75 Å². The zero-order valence-electron chi connectivity index (χ0n) is 19.4. The zero-order valence-corrected chi connectivity index (χ0v) is 19.4. The summed E-state index contributed by atoms with van der Waals surface area (Å²) in [6.07, 6.45) is 5.55. The summed E-state index contributed by atoms with van der Waals surface area (Å²) in [5.41, 5.74) is 2.13. The standard InChI is InChI=1S/C26H33NO6/c1-30-23-20-12-16-32-24(20)26(31-2)25(33-17-15-27-13-4-3-5-14-27)22(23)21(29)11-8-18-6-9-19(28)10-7-18/h6-7,9-10,12,16,21,28-29H,3-5,8,11,13-15,17H2,1-2H3/t21-/m1/s1. The molecule has 1 aromatic heterocycles. The van der Waals surface area contributed by atoms with Crippen LogP contribution in [0.5, 0.6) is 23.0 Å². The van der Waals surface area contributed by atoms with E-state index < -0.39 is 6.10 Å². The van der Waals surface area contributed by atoms with Gasteiger partial charge >= 0.3 is 0 Å². The van der Waals surface area contributed by atoms with Crippen LogP contribution in [0.25, 0.3) is 11.0 Å². The van der Waals surface area contributed by atoms with Gasteiger partial charge in [-0.15, -0.1) is 0 Å². The van der Waals surface area contributed by atoms with E-state index in [0.29, 0.717) is 47.8 Å². The molecule has 0 unspecified atom stereocenters. The van der Waals surface area contributed by atoms with E-state index in [0.717, 1.165) is 30.6 Å². The molecule has 1 aliphatic heterocycles. The molecular weight excluding hydrogens is 422 g/mol. The normalized spacial score (nSPS) is 15.5. The Labute approximate surface area is 194 Å². The number of piperidine rings is 1. The van der Waals surface area contributed by atoms with Gasteiger partial charge in [0.05, 0.1) is 37.5 Å². The number of ether oxygens (including phenoxy) is 3. The molecule has 33 heavy (non-hydrogen) atoms. The summed E-state index contributed by atoms with van der Waals surface area (Å²) in [6, 6.07) is 8.82. The van der Waals surface area contributed by atoms with E-state index in [1.54, 1.807) is 32.6 Å². The van der Waals surface area contributed by atoms with Gasteiger partial charge in [0, 0.05) is 6.54 Å². The lowest BCUT2D eigenvalue weighted by Gasteiger charge is -2.27. The molecule has 2 N–H and O–H groups in total. The Morgan fingerprint density at radius 3 is 2.39 bits per heavy atom. The summed E-state index contributed by atoms with van der Waals surface area (Å²) >= 11 is 0. The lowest BCUT2D eigenvalue weighted by Crippen LogP contribution is -2.33. The van der Waals surface area contributed by atoms with Crippen molar-refractivity contribution in [1.29, 1.82) is 0 Å². The fourth-order valence-corrected chi connectivity index (χ4v) is 4.56. The molecule has 0 saturated carbocycles. The lowest BCUT2D eigenvalue weighted by molar-refractivity contribution is 0.149.